The van der Waals surface area contributed by atoms with Gasteiger partial charge in [-0.1, -0.05) is 42.5 Å². The minimum atomic E-state index is -0.596. The fourth-order valence-corrected chi connectivity index (χ4v) is 4.51. The van der Waals surface area contributed by atoms with Crippen molar-refractivity contribution in [1.82, 2.24) is 20.4 Å². The van der Waals surface area contributed by atoms with Crippen molar-refractivity contribution in [3.63, 3.8) is 0 Å². The highest BCUT2D eigenvalue weighted by Gasteiger charge is 2.27. The summed E-state index contributed by atoms with van der Waals surface area (Å²) in [5, 5.41) is 5.60. The van der Waals surface area contributed by atoms with Gasteiger partial charge in [-0.3, -0.25) is 14.5 Å². The summed E-state index contributed by atoms with van der Waals surface area (Å²) in [6.07, 6.45) is 1.05. The van der Waals surface area contributed by atoms with Gasteiger partial charge in [-0.05, 0) is 36.2 Å². The van der Waals surface area contributed by atoms with Crippen LogP contribution in [0.2, 0.25) is 0 Å². The van der Waals surface area contributed by atoms with Gasteiger partial charge >= 0.3 is 11.8 Å². The van der Waals surface area contributed by atoms with Crippen molar-refractivity contribution in [3.8, 4) is 0 Å². The molecule has 1 atom stereocenters. The molecule has 0 aliphatic carbocycles. The second-order valence-electron chi connectivity index (χ2n) is 8.79. The Balaban J connectivity index is 1.41. The number of rotatable bonds is 6. The van der Waals surface area contributed by atoms with Crippen molar-refractivity contribution in [2.75, 3.05) is 58.3 Å². The highest BCUT2D eigenvalue weighted by atomic mass is 16.2. The van der Waals surface area contributed by atoms with E-state index in [-0.39, 0.29) is 6.04 Å². The van der Waals surface area contributed by atoms with Gasteiger partial charge < -0.3 is 20.4 Å². The maximum absolute atomic E-state index is 12.5. The molecule has 0 spiro atoms. The summed E-state index contributed by atoms with van der Waals surface area (Å²) in [6.45, 7) is 5.66. The first-order valence-electron chi connectivity index (χ1n) is 11.4. The largest absolute Gasteiger partial charge is 0.374 e. The number of carbonyl (C=O) groups is 2. The van der Waals surface area contributed by atoms with Crippen LogP contribution < -0.4 is 15.5 Å². The number of hydrogen-bond donors (Lipinski definition) is 2. The molecule has 2 aromatic carbocycles. The summed E-state index contributed by atoms with van der Waals surface area (Å²) in [6, 6.07) is 16.3. The number of benzene rings is 2. The fourth-order valence-electron chi connectivity index (χ4n) is 4.51. The number of anilines is 1. The lowest BCUT2D eigenvalue weighted by Crippen LogP contribution is -2.49. The SMILES string of the molecule is CN1CCN([C@H](CNC(=O)C(=O)NCc2ccccc2)c2ccc3c(c2)CCN3C)CC1. The van der Waals surface area contributed by atoms with Crippen LogP contribution in [0.1, 0.15) is 22.7 Å². The van der Waals surface area contributed by atoms with Crippen molar-refractivity contribution in [1.29, 1.82) is 0 Å². The number of carbonyl (C=O) groups excluding carboxylic acids is 2. The minimum absolute atomic E-state index is 0.0470. The third-order valence-corrected chi connectivity index (χ3v) is 6.55. The van der Waals surface area contributed by atoms with Crippen LogP contribution in [0, 0.1) is 0 Å². The Kier molecular flexibility index (Phi) is 7.07. The van der Waals surface area contributed by atoms with Crippen LogP contribution in [0.5, 0.6) is 0 Å². The van der Waals surface area contributed by atoms with E-state index in [9.17, 15) is 9.59 Å². The zero-order valence-corrected chi connectivity index (χ0v) is 19.0. The summed E-state index contributed by atoms with van der Waals surface area (Å²) in [7, 11) is 4.26. The van der Waals surface area contributed by atoms with Crippen LogP contribution in [0.3, 0.4) is 0 Å². The summed E-state index contributed by atoms with van der Waals surface area (Å²) in [5.74, 6) is -1.18. The van der Waals surface area contributed by atoms with Crippen LogP contribution in [0.25, 0.3) is 0 Å². The molecule has 2 heterocycles. The molecule has 2 aromatic rings. The molecule has 0 aromatic heterocycles. The van der Waals surface area contributed by atoms with E-state index < -0.39 is 11.8 Å². The van der Waals surface area contributed by atoms with Crippen molar-refractivity contribution < 1.29 is 9.59 Å². The first-order chi connectivity index (χ1) is 15.5. The van der Waals surface area contributed by atoms with Crippen LogP contribution in [-0.2, 0) is 22.6 Å². The number of nitrogens with one attached hydrogen (secondary N) is 2. The van der Waals surface area contributed by atoms with Gasteiger partial charge in [0.2, 0.25) is 0 Å². The molecule has 2 aliphatic rings. The average molecular weight is 436 g/mol. The van der Waals surface area contributed by atoms with E-state index in [0.717, 1.165) is 44.7 Å². The Labute approximate surface area is 190 Å². The van der Waals surface area contributed by atoms with Gasteiger partial charge in [0.05, 0.1) is 6.04 Å². The Morgan fingerprint density at radius 3 is 2.38 bits per heavy atom. The number of likely N-dealkylation sites (N-methyl/N-ethyl adjacent to an activating group) is 2. The quantitative estimate of drug-likeness (QED) is 0.672. The predicted molar refractivity (Wildman–Crippen MR) is 127 cm³/mol. The molecule has 7 nitrogen and oxygen atoms in total. The van der Waals surface area contributed by atoms with Crippen LogP contribution in [0.4, 0.5) is 5.69 Å². The molecule has 4 rings (SSSR count). The molecule has 170 valence electrons. The van der Waals surface area contributed by atoms with Crippen LogP contribution in [-0.4, -0.2) is 75.0 Å². The van der Waals surface area contributed by atoms with Crippen molar-refractivity contribution >= 4 is 17.5 Å². The van der Waals surface area contributed by atoms with E-state index in [4.69, 9.17) is 0 Å². The maximum atomic E-state index is 12.5. The summed E-state index contributed by atoms with van der Waals surface area (Å²) in [5.41, 5.74) is 4.81. The van der Waals surface area contributed by atoms with Crippen LogP contribution >= 0.6 is 0 Å². The van der Waals surface area contributed by atoms with Gasteiger partial charge in [-0.2, -0.15) is 0 Å². The Morgan fingerprint density at radius 2 is 1.62 bits per heavy atom. The molecule has 1 saturated heterocycles. The molecule has 7 heteroatoms. The molecular weight excluding hydrogens is 402 g/mol. The number of nitrogens with zero attached hydrogens (tertiary/aromatic N) is 3. The van der Waals surface area contributed by atoms with Crippen molar-refractivity contribution in [2.24, 2.45) is 0 Å². The molecular formula is C25H33N5O2. The molecule has 32 heavy (non-hydrogen) atoms. The molecule has 2 N–H and O–H groups in total. The Morgan fingerprint density at radius 1 is 0.906 bits per heavy atom. The lowest BCUT2D eigenvalue weighted by molar-refractivity contribution is -0.139. The highest BCUT2D eigenvalue weighted by Crippen LogP contribution is 2.31. The Bertz CT molecular complexity index is 941. The molecule has 1 fully saturated rings. The monoisotopic (exact) mass is 435 g/mol. The summed E-state index contributed by atoms with van der Waals surface area (Å²) in [4.78, 5) is 31.9. The van der Waals surface area contributed by atoms with Gasteiger partial charge in [0.15, 0.2) is 0 Å². The number of piperazine rings is 1. The minimum Gasteiger partial charge on any atom is -0.374 e. The lowest BCUT2D eigenvalue weighted by atomic mass is 10.00. The van der Waals surface area contributed by atoms with Crippen molar-refractivity contribution in [3.05, 3.63) is 65.2 Å². The van der Waals surface area contributed by atoms with Crippen molar-refractivity contribution in [2.45, 2.75) is 19.0 Å². The Hall–Kier alpha value is -2.90. The van der Waals surface area contributed by atoms with E-state index in [1.165, 1.54) is 16.8 Å². The number of amides is 2. The third-order valence-electron chi connectivity index (χ3n) is 6.55. The standard InChI is InChI=1S/C25H33N5O2/c1-28-12-14-30(15-13-28)23(20-8-9-22-21(16-20)10-11-29(22)2)18-27-25(32)24(31)26-17-19-6-4-3-5-7-19/h3-9,16,23H,10-15,17-18H2,1-2H3,(H,26,31)(H,27,32)/t23-/m1/s1. The third kappa shape index (κ3) is 5.29. The molecule has 0 bridgehead atoms. The van der Waals surface area contributed by atoms with E-state index in [1.54, 1.807) is 0 Å². The first-order valence-corrected chi connectivity index (χ1v) is 11.4. The first kappa shape index (κ1) is 22.3. The zero-order valence-electron chi connectivity index (χ0n) is 19.0. The normalized spacial score (nSPS) is 17.6. The molecule has 0 unspecified atom stereocenters. The molecule has 0 saturated carbocycles. The van der Waals surface area contributed by atoms with Gasteiger partial charge in [0.1, 0.15) is 0 Å². The van der Waals surface area contributed by atoms with Gasteiger partial charge in [-0.25, -0.2) is 0 Å². The number of fused-ring (bicyclic) bond motifs is 1. The van der Waals surface area contributed by atoms with Gasteiger partial charge in [0, 0.05) is 58.5 Å². The van der Waals surface area contributed by atoms with Crippen LogP contribution in [0.15, 0.2) is 48.5 Å². The summed E-state index contributed by atoms with van der Waals surface area (Å²) < 4.78 is 0. The molecule has 2 aliphatic heterocycles. The van der Waals surface area contributed by atoms with E-state index in [0.29, 0.717) is 13.1 Å². The summed E-state index contributed by atoms with van der Waals surface area (Å²) >= 11 is 0. The predicted octanol–water partition coefficient (Wildman–Crippen LogP) is 1.40. The molecule has 0 radical (unpaired) electrons. The zero-order chi connectivity index (χ0) is 22.5. The second kappa shape index (κ2) is 10.1. The topological polar surface area (TPSA) is 67.9 Å². The van der Waals surface area contributed by atoms with E-state index in [1.807, 2.05) is 30.3 Å². The average Bonchev–Trinajstić information content (AvgIpc) is 3.19. The second-order valence-corrected chi connectivity index (χ2v) is 8.79. The van der Waals surface area contributed by atoms with Gasteiger partial charge in [0.25, 0.3) is 0 Å². The maximum Gasteiger partial charge on any atom is 0.309 e. The number of hydrogen-bond acceptors (Lipinski definition) is 5. The highest BCUT2D eigenvalue weighted by molar-refractivity contribution is 6.35. The van der Waals surface area contributed by atoms with E-state index in [2.05, 4.69) is 57.6 Å². The smallest absolute Gasteiger partial charge is 0.309 e. The van der Waals surface area contributed by atoms with Gasteiger partial charge in [-0.15, -0.1) is 0 Å². The lowest BCUT2D eigenvalue weighted by Gasteiger charge is -2.38. The fraction of sp³-hybridized carbons (Fsp3) is 0.440. The molecule has 2 amide bonds. The van der Waals surface area contributed by atoms with E-state index >= 15 is 0 Å².